The molecular weight excluding hydrogens is 403 g/mol. The number of tetrazole rings is 1. The Kier molecular flexibility index (Phi) is 6.55. The van der Waals surface area contributed by atoms with Crippen LogP contribution in [0.25, 0.3) is 0 Å². The average molecular weight is 435 g/mol. The highest BCUT2D eigenvalue weighted by atomic mass is 19.1. The zero-order chi connectivity index (χ0) is 21.8. The van der Waals surface area contributed by atoms with E-state index < -0.39 is 0 Å². The van der Waals surface area contributed by atoms with E-state index in [9.17, 15) is 4.39 Å². The molecule has 32 heavy (non-hydrogen) atoms. The van der Waals surface area contributed by atoms with E-state index in [0.717, 1.165) is 50.0 Å². The summed E-state index contributed by atoms with van der Waals surface area (Å²) in [6, 6.07) is 17.9. The Morgan fingerprint density at radius 3 is 2.34 bits per heavy atom. The number of benzene rings is 2. The number of hydrogen-bond donors (Lipinski definition) is 0. The molecule has 1 saturated heterocycles. The first-order valence-corrected chi connectivity index (χ1v) is 11.8. The van der Waals surface area contributed by atoms with Gasteiger partial charge < -0.3 is 0 Å². The largest absolute Gasteiger partial charge is 0.298 e. The molecule has 2 aliphatic rings. The van der Waals surface area contributed by atoms with E-state index in [-0.39, 0.29) is 11.9 Å². The van der Waals surface area contributed by atoms with Crippen LogP contribution in [0.15, 0.2) is 54.6 Å². The van der Waals surface area contributed by atoms with Gasteiger partial charge in [-0.05, 0) is 52.9 Å². The lowest BCUT2D eigenvalue weighted by atomic mass is 10.0. The fourth-order valence-electron chi connectivity index (χ4n) is 5.24. The number of halogens is 1. The van der Waals surface area contributed by atoms with Crippen molar-refractivity contribution in [3.8, 4) is 0 Å². The predicted molar refractivity (Wildman–Crippen MR) is 122 cm³/mol. The smallest absolute Gasteiger partial charge is 0.173 e. The molecule has 0 N–H and O–H groups in total. The highest BCUT2D eigenvalue weighted by Gasteiger charge is 2.33. The Morgan fingerprint density at radius 1 is 0.906 bits per heavy atom. The van der Waals surface area contributed by atoms with Crippen LogP contribution in [0.3, 0.4) is 0 Å². The number of rotatable bonds is 7. The maximum absolute atomic E-state index is 13.7. The van der Waals surface area contributed by atoms with Crippen molar-refractivity contribution in [2.75, 3.05) is 26.2 Å². The lowest BCUT2D eigenvalue weighted by Gasteiger charge is -2.41. The second-order valence-corrected chi connectivity index (χ2v) is 8.96. The molecule has 2 aromatic carbocycles. The van der Waals surface area contributed by atoms with Crippen LogP contribution < -0.4 is 0 Å². The quantitative estimate of drug-likeness (QED) is 0.568. The van der Waals surface area contributed by atoms with Crippen molar-refractivity contribution < 1.29 is 4.39 Å². The summed E-state index contributed by atoms with van der Waals surface area (Å²) in [7, 11) is 0. The standard InChI is InChI=1S/C25H31FN6/c26-22-12-10-21(11-13-22)24(31-18-16-30(17-19-31)23-8-4-5-9-23)25-27-28-29-32(25)15-14-20-6-2-1-3-7-20/h1-3,6-7,10-13,23-24H,4-5,8-9,14-19H2/t24-/m1/s1. The number of aromatic nitrogens is 4. The van der Waals surface area contributed by atoms with Crippen LogP contribution in [0.1, 0.15) is 48.7 Å². The maximum atomic E-state index is 13.7. The third-order valence-electron chi connectivity index (χ3n) is 7.00. The summed E-state index contributed by atoms with van der Waals surface area (Å²) in [5, 5.41) is 12.8. The molecule has 6 nitrogen and oxygen atoms in total. The van der Waals surface area contributed by atoms with Gasteiger partial charge in [-0.3, -0.25) is 9.80 Å². The number of nitrogens with zero attached hydrogens (tertiary/aromatic N) is 6. The molecule has 1 aliphatic carbocycles. The minimum atomic E-state index is -0.220. The van der Waals surface area contributed by atoms with Crippen LogP contribution in [0.4, 0.5) is 4.39 Å². The lowest BCUT2D eigenvalue weighted by molar-refractivity contribution is 0.0770. The summed E-state index contributed by atoms with van der Waals surface area (Å²) in [5.74, 6) is 0.615. The van der Waals surface area contributed by atoms with Crippen LogP contribution in [-0.2, 0) is 13.0 Å². The third kappa shape index (κ3) is 4.74. The van der Waals surface area contributed by atoms with Gasteiger partial charge in [0.15, 0.2) is 5.82 Å². The summed E-state index contributed by atoms with van der Waals surface area (Å²) in [5.41, 5.74) is 2.30. The summed E-state index contributed by atoms with van der Waals surface area (Å²) >= 11 is 0. The van der Waals surface area contributed by atoms with E-state index >= 15 is 0 Å². The van der Waals surface area contributed by atoms with Gasteiger partial charge in [0.05, 0.1) is 6.04 Å². The fraction of sp³-hybridized carbons (Fsp3) is 0.480. The average Bonchev–Trinajstić information content (AvgIpc) is 3.53. The van der Waals surface area contributed by atoms with Crippen molar-refractivity contribution in [2.45, 2.75) is 50.7 Å². The van der Waals surface area contributed by atoms with Gasteiger partial charge in [-0.1, -0.05) is 55.3 Å². The SMILES string of the molecule is Fc1ccc([C@H](c2nnnn2CCc2ccccc2)N2CCN(C3CCCC3)CC2)cc1. The van der Waals surface area contributed by atoms with Crippen molar-refractivity contribution in [3.63, 3.8) is 0 Å². The summed E-state index contributed by atoms with van der Waals surface area (Å²) in [6.07, 6.45) is 6.25. The van der Waals surface area contributed by atoms with Crippen LogP contribution in [0.5, 0.6) is 0 Å². The minimum Gasteiger partial charge on any atom is -0.298 e. The topological polar surface area (TPSA) is 50.1 Å². The third-order valence-corrected chi connectivity index (χ3v) is 7.00. The normalized spacial score (nSPS) is 19.4. The first kappa shape index (κ1) is 21.2. The summed E-state index contributed by atoms with van der Waals surface area (Å²) in [6.45, 7) is 4.77. The van der Waals surface area contributed by atoms with Gasteiger partial charge in [-0.2, -0.15) is 0 Å². The fourth-order valence-corrected chi connectivity index (χ4v) is 5.24. The highest BCUT2D eigenvalue weighted by molar-refractivity contribution is 5.26. The molecule has 1 atom stereocenters. The van der Waals surface area contributed by atoms with Crippen molar-refractivity contribution in [1.29, 1.82) is 0 Å². The predicted octanol–water partition coefficient (Wildman–Crippen LogP) is 3.70. The summed E-state index contributed by atoms with van der Waals surface area (Å²) < 4.78 is 15.6. The zero-order valence-electron chi connectivity index (χ0n) is 18.5. The minimum absolute atomic E-state index is 0.0768. The zero-order valence-corrected chi connectivity index (χ0v) is 18.5. The maximum Gasteiger partial charge on any atom is 0.173 e. The van der Waals surface area contributed by atoms with E-state index in [2.05, 4.69) is 49.6 Å². The van der Waals surface area contributed by atoms with Gasteiger partial charge in [-0.25, -0.2) is 9.07 Å². The van der Waals surface area contributed by atoms with Crippen molar-refractivity contribution >= 4 is 0 Å². The number of hydrogen-bond acceptors (Lipinski definition) is 5. The molecule has 1 aromatic heterocycles. The van der Waals surface area contributed by atoms with Crippen LogP contribution in [0, 0.1) is 5.82 Å². The van der Waals surface area contributed by atoms with Gasteiger partial charge in [0.1, 0.15) is 5.82 Å². The van der Waals surface area contributed by atoms with Gasteiger partial charge in [0.2, 0.25) is 0 Å². The molecule has 2 heterocycles. The van der Waals surface area contributed by atoms with Crippen molar-refractivity contribution in [1.82, 2.24) is 30.0 Å². The molecule has 0 unspecified atom stereocenters. The molecule has 1 aliphatic heterocycles. The molecule has 0 amide bonds. The van der Waals surface area contributed by atoms with E-state index in [1.54, 1.807) is 0 Å². The second-order valence-electron chi connectivity index (χ2n) is 8.96. The number of piperazine rings is 1. The Labute approximate surface area is 189 Å². The molecule has 168 valence electrons. The Hall–Kier alpha value is -2.64. The Bertz CT molecular complexity index is 975. The summed E-state index contributed by atoms with van der Waals surface area (Å²) in [4.78, 5) is 5.12. The van der Waals surface area contributed by atoms with Gasteiger partial charge in [-0.15, -0.1) is 5.10 Å². The van der Waals surface area contributed by atoms with Gasteiger partial charge >= 0.3 is 0 Å². The van der Waals surface area contributed by atoms with Crippen molar-refractivity contribution in [2.24, 2.45) is 0 Å². The molecule has 7 heteroatoms. The van der Waals surface area contributed by atoms with E-state index in [1.165, 1.54) is 43.4 Å². The van der Waals surface area contributed by atoms with Crippen LogP contribution >= 0.6 is 0 Å². The van der Waals surface area contributed by atoms with Gasteiger partial charge in [0, 0.05) is 38.8 Å². The molecule has 0 spiro atoms. The second kappa shape index (κ2) is 9.88. The van der Waals surface area contributed by atoms with Crippen LogP contribution in [-0.4, -0.2) is 62.2 Å². The van der Waals surface area contributed by atoms with E-state index in [1.807, 2.05) is 22.9 Å². The molecule has 2 fully saturated rings. The first-order chi connectivity index (χ1) is 15.8. The van der Waals surface area contributed by atoms with Gasteiger partial charge in [0.25, 0.3) is 0 Å². The number of aryl methyl sites for hydroxylation is 2. The van der Waals surface area contributed by atoms with Crippen LogP contribution in [0.2, 0.25) is 0 Å². The monoisotopic (exact) mass is 434 g/mol. The highest BCUT2D eigenvalue weighted by Crippen LogP contribution is 2.30. The molecular formula is C25H31FN6. The Morgan fingerprint density at radius 2 is 1.62 bits per heavy atom. The van der Waals surface area contributed by atoms with E-state index in [0.29, 0.717) is 6.54 Å². The molecule has 0 radical (unpaired) electrons. The van der Waals surface area contributed by atoms with E-state index in [4.69, 9.17) is 0 Å². The van der Waals surface area contributed by atoms with Crippen molar-refractivity contribution in [3.05, 3.63) is 77.4 Å². The molecule has 3 aromatic rings. The lowest BCUT2D eigenvalue weighted by Crippen LogP contribution is -2.51. The molecule has 5 rings (SSSR count). The first-order valence-electron chi connectivity index (χ1n) is 11.8. The Balaban J connectivity index is 1.36. The molecule has 0 bridgehead atoms. The molecule has 1 saturated carbocycles.